The van der Waals surface area contributed by atoms with E-state index in [1.165, 1.54) is 0 Å². The Morgan fingerprint density at radius 1 is 1.80 bits per heavy atom. The van der Waals surface area contributed by atoms with Gasteiger partial charge in [0.25, 0.3) is 0 Å². The number of hydrogen-bond acceptors (Lipinski definition) is 4. The quantitative estimate of drug-likeness (QED) is 0.696. The zero-order valence-electron chi connectivity index (χ0n) is 8.93. The third-order valence-corrected chi connectivity index (χ3v) is 1.89. The Morgan fingerprint density at radius 2 is 2.53 bits per heavy atom. The lowest BCUT2D eigenvalue weighted by molar-refractivity contribution is -0.122. The maximum atomic E-state index is 11.5. The minimum absolute atomic E-state index is 0.00718. The van der Waals surface area contributed by atoms with Gasteiger partial charge in [-0.15, -0.1) is 0 Å². The van der Waals surface area contributed by atoms with Gasteiger partial charge in [0, 0.05) is 25.5 Å². The van der Waals surface area contributed by atoms with Gasteiger partial charge in [0.1, 0.15) is 6.54 Å². The van der Waals surface area contributed by atoms with Crippen molar-refractivity contribution >= 4 is 11.9 Å². The third kappa shape index (κ3) is 3.59. The van der Waals surface area contributed by atoms with Gasteiger partial charge >= 0.3 is 0 Å². The average molecular weight is 212 g/mol. The van der Waals surface area contributed by atoms with Crippen LogP contribution in [0.5, 0.6) is 0 Å². The number of carbonyl (C=O) groups is 1. The number of methoxy groups -OCH3 is 1. The molecule has 1 heterocycles. The first kappa shape index (κ1) is 11.5. The van der Waals surface area contributed by atoms with E-state index in [1.54, 1.807) is 24.1 Å². The SMILES string of the molecule is COCC(C)NC(=O)Cn1ccnc1N. The smallest absolute Gasteiger partial charge is 0.240 e. The second-order valence-electron chi connectivity index (χ2n) is 3.34. The number of ether oxygens (including phenoxy) is 1. The van der Waals surface area contributed by atoms with Crippen molar-refractivity contribution < 1.29 is 9.53 Å². The van der Waals surface area contributed by atoms with Gasteiger partial charge in [-0.3, -0.25) is 4.79 Å². The molecule has 0 aliphatic carbocycles. The molecule has 1 amide bonds. The summed E-state index contributed by atoms with van der Waals surface area (Å²) in [6.45, 7) is 2.55. The summed E-state index contributed by atoms with van der Waals surface area (Å²) in [7, 11) is 1.59. The largest absolute Gasteiger partial charge is 0.383 e. The Bertz CT molecular complexity index is 324. The predicted octanol–water partition coefficient (Wildman–Crippen LogP) is -0.384. The van der Waals surface area contributed by atoms with E-state index >= 15 is 0 Å². The van der Waals surface area contributed by atoms with Gasteiger partial charge in [0.2, 0.25) is 11.9 Å². The van der Waals surface area contributed by atoms with Crippen molar-refractivity contribution in [3.63, 3.8) is 0 Å². The standard InChI is InChI=1S/C9H16N4O2/c1-7(6-15-2)12-8(14)5-13-4-3-11-9(13)10/h3-4,7H,5-6H2,1-2H3,(H2,10,11)(H,12,14). The Hall–Kier alpha value is -1.56. The highest BCUT2D eigenvalue weighted by molar-refractivity contribution is 5.76. The van der Waals surface area contributed by atoms with Crippen LogP contribution in [-0.4, -0.2) is 35.2 Å². The number of nitrogens with zero attached hydrogens (tertiary/aromatic N) is 2. The Labute approximate surface area is 88.4 Å². The van der Waals surface area contributed by atoms with Crippen LogP contribution in [-0.2, 0) is 16.1 Å². The number of anilines is 1. The van der Waals surface area contributed by atoms with Crippen LogP contribution in [0.1, 0.15) is 6.92 Å². The molecule has 0 fully saturated rings. The molecule has 0 saturated carbocycles. The first-order valence-electron chi connectivity index (χ1n) is 4.68. The molecular weight excluding hydrogens is 196 g/mol. The van der Waals surface area contributed by atoms with Crippen LogP contribution >= 0.6 is 0 Å². The summed E-state index contributed by atoms with van der Waals surface area (Å²) in [4.78, 5) is 15.3. The molecule has 1 atom stereocenters. The van der Waals surface area contributed by atoms with E-state index in [-0.39, 0.29) is 18.5 Å². The van der Waals surface area contributed by atoms with E-state index in [0.717, 1.165) is 0 Å². The van der Waals surface area contributed by atoms with E-state index in [2.05, 4.69) is 10.3 Å². The summed E-state index contributed by atoms with van der Waals surface area (Å²) >= 11 is 0. The zero-order valence-corrected chi connectivity index (χ0v) is 8.93. The first-order chi connectivity index (χ1) is 7.13. The van der Waals surface area contributed by atoms with Crippen LogP contribution in [0.2, 0.25) is 0 Å². The molecule has 0 bridgehead atoms. The number of rotatable bonds is 5. The lowest BCUT2D eigenvalue weighted by Gasteiger charge is -2.13. The number of nitrogen functional groups attached to an aromatic ring is 1. The number of amides is 1. The number of nitrogens with two attached hydrogens (primary N) is 1. The fourth-order valence-electron chi connectivity index (χ4n) is 1.24. The molecule has 1 aromatic rings. The summed E-state index contributed by atoms with van der Waals surface area (Å²) in [5, 5.41) is 2.78. The molecule has 1 aromatic heterocycles. The molecule has 6 nitrogen and oxygen atoms in total. The molecule has 0 aromatic carbocycles. The molecular formula is C9H16N4O2. The molecule has 3 N–H and O–H groups in total. The van der Waals surface area contributed by atoms with Crippen LogP contribution in [0.3, 0.4) is 0 Å². The van der Waals surface area contributed by atoms with Crippen molar-refractivity contribution in [2.75, 3.05) is 19.5 Å². The Morgan fingerprint density at radius 3 is 3.07 bits per heavy atom. The minimum atomic E-state index is -0.107. The lowest BCUT2D eigenvalue weighted by atomic mass is 10.3. The monoisotopic (exact) mass is 212 g/mol. The number of hydrogen-bond donors (Lipinski definition) is 2. The second-order valence-corrected chi connectivity index (χ2v) is 3.34. The fraction of sp³-hybridized carbons (Fsp3) is 0.556. The van der Waals surface area contributed by atoms with Crippen molar-refractivity contribution in [2.45, 2.75) is 19.5 Å². The molecule has 6 heteroatoms. The van der Waals surface area contributed by atoms with Crippen molar-refractivity contribution in [2.24, 2.45) is 0 Å². The fourth-order valence-corrected chi connectivity index (χ4v) is 1.24. The number of carbonyl (C=O) groups excluding carboxylic acids is 1. The maximum Gasteiger partial charge on any atom is 0.240 e. The highest BCUT2D eigenvalue weighted by Gasteiger charge is 2.08. The lowest BCUT2D eigenvalue weighted by Crippen LogP contribution is -2.37. The molecule has 15 heavy (non-hydrogen) atoms. The van der Waals surface area contributed by atoms with Crippen molar-refractivity contribution in [1.82, 2.24) is 14.9 Å². The van der Waals surface area contributed by atoms with Crippen LogP contribution in [0.4, 0.5) is 5.95 Å². The molecule has 0 saturated heterocycles. The van der Waals surface area contributed by atoms with Gasteiger partial charge in [0.15, 0.2) is 0 Å². The van der Waals surface area contributed by atoms with Gasteiger partial charge in [0.05, 0.1) is 6.61 Å². The summed E-state index contributed by atoms with van der Waals surface area (Å²) in [6, 6.07) is -0.00718. The molecule has 0 aliphatic rings. The van der Waals surface area contributed by atoms with E-state index in [9.17, 15) is 4.79 Å². The van der Waals surface area contributed by atoms with Crippen molar-refractivity contribution in [3.8, 4) is 0 Å². The number of nitrogens with one attached hydrogen (secondary N) is 1. The predicted molar refractivity (Wildman–Crippen MR) is 56.1 cm³/mol. The average Bonchev–Trinajstić information content (AvgIpc) is 2.52. The Kier molecular flexibility index (Phi) is 4.11. The topological polar surface area (TPSA) is 82.2 Å². The first-order valence-corrected chi connectivity index (χ1v) is 4.68. The molecule has 0 aliphatic heterocycles. The van der Waals surface area contributed by atoms with Crippen molar-refractivity contribution in [1.29, 1.82) is 0 Å². The zero-order chi connectivity index (χ0) is 11.3. The van der Waals surface area contributed by atoms with Gasteiger partial charge in [-0.1, -0.05) is 0 Å². The van der Waals surface area contributed by atoms with Crippen LogP contribution < -0.4 is 11.1 Å². The normalized spacial score (nSPS) is 12.4. The van der Waals surface area contributed by atoms with Gasteiger partial charge in [-0.2, -0.15) is 0 Å². The second kappa shape index (κ2) is 5.35. The summed E-state index contributed by atoms with van der Waals surface area (Å²) < 4.78 is 6.48. The molecule has 84 valence electrons. The Balaban J connectivity index is 2.40. The summed E-state index contributed by atoms with van der Waals surface area (Å²) in [6.07, 6.45) is 3.22. The molecule has 1 unspecified atom stereocenters. The minimum Gasteiger partial charge on any atom is -0.383 e. The highest BCUT2D eigenvalue weighted by Crippen LogP contribution is 1.97. The summed E-state index contributed by atoms with van der Waals surface area (Å²) in [5.41, 5.74) is 5.53. The van der Waals surface area contributed by atoms with E-state index in [0.29, 0.717) is 12.6 Å². The van der Waals surface area contributed by atoms with E-state index in [1.807, 2.05) is 6.92 Å². The summed E-state index contributed by atoms with van der Waals surface area (Å²) in [5.74, 6) is 0.230. The number of aromatic nitrogens is 2. The number of imidazole rings is 1. The van der Waals surface area contributed by atoms with Gasteiger partial charge in [-0.25, -0.2) is 4.98 Å². The highest BCUT2D eigenvalue weighted by atomic mass is 16.5. The van der Waals surface area contributed by atoms with Crippen LogP contribution in [0, 0.1) is 0 Å². The van der Waals surface area contributed by atoms with E-state index in [4.69, 9.17) is 10.5 Å². The molecule has 0 radical (unpaired) electrons. The van der Waals surface area contributed by atoms with Crippen LogP contribution in [0.15, 0.2) is 12.4 Å². The van der Waals surface area contributed by atoms with Crippen LogP contribution in [0.25, 0.3) is 0 Å². The van der Waals surface area contributed by atoms with E-state index < -0.39 is 0 Å². The molecule has 0 spiro atoms. The van der Waals surface area contributed by atoms with Gasteiger partial charge < -0.3 is 20.4 Å². The molecule has 1 rings (SSSR count). The van der Waals surface area contributed by atoms with Crippen molar-refractivity contribution in [3.05, 3.63) is 12.4 Å². The maximum absolute atomic E-state index is 11.5. The third-order valence-electron chi connectivity index (χ3n) is 1.89. The van der Waals surface area contributed by atoms with Gasteiger partial charge in [-0.05, 0) is 6.92 Å².